The molecule has 0 aliphatic rings. The zero-order valence-electron chi connectivity index (χ0n) is 14.5. The molecule has 0 saturated heterocycles. The predicted molar refractivity (Wildman–Crippen MR) is 102 cm³/mol. The van der Waals surface area contributed by atoms with E-state index in [2.05, 4.69) is 30.1 Å². The molecule has 130 valence electrons. The lowest BCUT2D eigenvalue weighted by molar-refractivity contribution is 0.290. The van der Waals surface area contributed by atoms with Crippen LogP contribution in [0.3, 0.4) is 0 Å². The largest absolute Gasteiger partial charge is 0.486 e. The third-order valence-corrected chi connectivity index (χ3v) is 5.40. The van der Waals surface area contributed by atoms with Gasteiger partial charge in [0.25, 0.3) is 0 Å². The third-order valence-electron chi connectivity index (χ3n) is 4.05. The molecule has 1 heterocycles. The van der Waals surface area contributed by atoms with Gasteiger partial charge in [-0.1, -0.05) is 41.6 Å². The van der Waals surface area contributed by atoms with Crippen molar-refractivity contribution in [2.45, 2.75) is 31.4 Å². The summed E-state index contributed by atoms with van der Waals surface area (Å²) < 4.78 is 7.82. The first-order chi connectivity index (χ1) is 12.0. The first-order valence-electron chi connectivity index (χ1n) is 7.98. The summed E-state index contributed by atoms with van der Waals surface area (Å²) in [7, 11) is 1.96. The topological polar surface area (TPSA) is 39.9 Å². The smallest absolute Gasteiger partial charge is 0.191 e. The van der Waals surface area contributed by atoms with E-state index in [0.29, 0.717) is 6.61 Å². The molecule has 0 radical (unpaired) electrons. The molecule has 6 heteroatoms. The molecule has 0 unspecified atom stereocenters. The van der Waals surface area contributed by atoms with Gasteiger partial charge in [0.15, 0.2) is 11.0 Å². The van der Waals surface area contributed by atoms with Crippen LogP contribution in [0.25, 0.3) is 0 Å². The van der Waals surface area contributed by atoms with Crippen LogP contribution in [0.2, 0.25) is 5.02 Å². The van der Waals surface area contributed by atoms with Gasteiger partial charge in [-0.15, -0.1) is 10.2 Å². The van der Waals surface area contributed by atoms with E-state index in [-0.39, 0.29) is 0 Å². The van der Waals surface area contributed by atoms with Crippen molar-refractivity contribution in [3.8, 4) is 5.75 Å². The summed E-state index contributed by atoms with van der Waals surface area (Å²) in [6.45, 7) is 4.56. The summed E-state index contributed by atoms with van der Waals surface area (Å²) in [5.41, 5.74) is 3.67. The highest BCUT2D eigenvalue weighted by Gasteiger charge is 2.10. The monoisotopic (exact) mass is 373 g/mol. The Morgan fingerprint density at radius 1 is 1.04 bits per heavy atom. The molecule has 3 rings (SSSR count). The summed E-state index contributed by atoms with van der Waals surface area (Å²) >= 11 is 7.56. The van der Waals surface area contributed by atoms with Gasteiger partial charge in [0.05, 0.1) is 0 Å². The molecule has 0 N–H and O–H groups in total. The van der Waals surface area contributed by atoms with Crippen LogP contribution in [0.5, 0.6) is 5.75 Å². The van der Waals surface area contributed by atoms with Crippen LogP contribution in [-0.4, -0.2) is 14.8 Å². The lowest BCUT2D eigenvalue weighted by atomic mass is 10.1. The van der Waals surface area contributed by atoms with Crippen molar-refractivity contribution in [2.24, 2.45) is 7.05 Å². The summed E-state index contributed by atoms with van der Waals surface area (Å²) in [6, 6.07) is 13.9. The molecule has 2 aromatic carbocycles. The van der Waals surface area contributed by atoms with Crippen LogP contribution < -0.4 is 4.74 Å². The van der Waals surface area contributed by atoms with Gasteiger partial charge in [0, 0.05) is 17.8 Å². The number of thioether (sulfide) groups is 1. The van der Waals surface area contributed by atoms with Gasteiger partial charge in [-0.05, 0) is 54.8 Å². The molecule has 1 aromatic heterocycles. The number of aryl methyl sites for hydroxylation is 2. The normalized spacial score (nSPS) is 10.9. The Kier molecular flexibility index (Phi) is 5.66. The minimum absolute atomic E-state index is 0.396. The van der Waals surface area contributed by atoms with Gasteiger partial charge in [-0.25, -0.2) is 0 Å². The van der Waals surface area contributed by atoms with E-state index in [4.69, 9.17) is 16.3 Å². The molecule has 0 fully saturated rings. The molecule has 4 nitrogen and oxygen atoms in total. The van der Waals surface area contributed by atoms with E-state index in [9.17, 15) is 0 Å². The molecule has 0 saturated carbocycles. The van der Waals surface area contributed by atoms with Crippen LogP contribution in [0.1, 0.15) is 22.5 Å². The maximum absolute atomic E-state index is 5.91. The van der Waals surface area contributed by atoms with Crippen LogP contribution in [0.15, 0.2) is 47.6 Å². The predicted octanol–water partition coefficient (Wildman–Crippen LogP) is 4.96. The highest BCUT2D eigenvalue weighted by Crippen LogP contribution is 2.23. The number of aromatic nitrogens is 3. The van der Waals surface area contributed by atoms with E-state index in [0.717, 1.165) is 27.5 Å². The Morgan fingerprint density at radius 3 is 2.52 bits per heavy atom. The summed E-state index contributed by atoms with van der Waals surface area (Å²) in [4.78, 5) is 0. The lowest BCUT2D eigenvalue weighted by Gasteiger charge is -2.08. The zero-order chi connectivity index (χ0) is 17.8. The number of nitrogens with zero attached hydrogens (tertiary/aromatic N) is 3. The maximum atomic E-state index is 5.91. The third kappa shape index (κ3) is 4.55. The van der Waals surface area contributed by atoms with Crippen molar-refractivity contribution in [1.82, 2.24) is 14.8 Å². The number of rotatable bonds is 6. The van der Waals surface area contributed by atoms with Gasteiger partial charge >= 0.3 is 0 Å². The highest BCUT2D eigenvalue weighted by molar-refractivity contribution is 7.98. The van der Waals surface area contributed by atoms with E-state index >= 15 is 0 Å². The summed E-state index contributed by atoms with van der Waals surface area (Å²) in [6.07, 6.45) is 0. The molecular weight excluding hydrogens is 354 g/mol. The van der Waals surface area contributed by atoms with Crippen molar-refractivity contribution in [3.63, 3.8) is 0 Å². The number of hydrogen-bond donors (Lipinski definition) is 0. The Bertz CT molecular complexity index is 862. The zero-order valence-corrected chi connectivity index (χ0v) is 16.1. The second-order valence-electron chi connectivity index (χ2n) is 5.91. The van der Waals surface area contributed by atoms with Gasteiger partial charge in [0.2, 0.25) is 0 Å². The molecular formula is C19H20ClN3OS. The molecule has 0 bridgehead atoms. The Hall–Kier alpha value is -1.98. The van der Waals surface area contributed by atoms with Crippen molar-refractivity contribution in [2.75, 3.05) is 0 Å². The lowest BCUT2D eigenvalue weighted by Crippen LogP contribution is -2.04. The highest BCUT2D eigenvalue weighted by atomic mass is 35.5. The number of benzene rings is 2. The number of halogens is 1. The average Bonchev–Trinajstić information content (AvgIpc) is 2.95. The first kappa shape index (κ1) is 17.8. The first-order valence-corrected chi connectivity index (χ1v) is 9.35. The molecule has 0 atom stereocenters. The van der Waals surface area contributed by atoms with Gasteiger partial charge in [-0.3, -0.25) is 0 Å². The Labute approximate surface area is 157 Å². The standard InChI is InChI=1S/C19H20ClN3OS/c1-13-4-9-17(10-14(13)2)24-11-18-21-22-19(23(18)3)25-12-15-5-7-16(20)8-6-15/h4-10H,11-12H2,1-3H3. The van der Waals surface area contributed by atoms with E-state index in [1.54, 1.807) is 11.8 Å². The fourth-order valence-corrected chi connectivity index (χ4v) is 3.29. The summed E-state index contributed by atoms with van der Waals surface area (Å²) in [5, 5.41) is 10.1. The van der Waals surface area contributed by atoms with Crippen LogP contribution in [0, 0.1) is 13.8 Å². The Morgan fingerprint density at radius 2 is 1.80 bits per heavy atom. The maximum Gasteiger partial charge on any atom is 0.191 e. The minimum Gasteiger partial charge on any atom is -0.486 e. The quantitative estimate of drug-likeness (QED) is 0.573. The molecule has 0 spiro atoms. The van der Waals surface area contributed by atoms with Gasteiger partial charge in [0.1, 0.15) is 12.4 Å². The second-order valence-corrected chi connectivity index (χ2v) is 7.29. The molecule has 0 amide bonds. The van der Waals surface area contributed by atoms with Crippen LogP contribution in [-0.2, 0) is 19.4 Å². The van der Waals surface area contributed by atoms with Crippen LogP contribution >= 0.6 is 23.4 Å². The van der Waals surface area contributed by atoms with E-state index in [1.807, 2.05) is 48.0 Å². The molecule has 25 heavy (non-hydrogen) atoms. The van der Waals surface area contributed by atoms with Crippen molar-refractivity contribution >= 4 is 23.4 Å². The van der Waals surface area contributed by atoms with Crippen molar-refractivity contribution < 1.29 is 4.74 Å². The number of hydrogen-bond acceptors (Lipinski definition) is 4. The Balaban J connectivity index is 1.60. The fraction of sp³-hybridized carbons (Fsp3) is 0.263. The van der Waals surface area contributed by atoms with Crippen molar-refractivity contribution in [3.05, 3.63) is 70.0 Å². The number of ether oxygens (including phenoxy) is 1. The molecule has 3 aromatic rings. The van der Waals surface area contributed by atoms with Gasteiger partial charge < -0.3 is 9.30 Å². The SMILES string of the molecule is Cc1ccc(OCc2nnc(SCc3ccc(Cl)cc3)n2C)cc1C. The van der Waals surface area contributed by atoms with Crippen LogP contribution in [0.4, 0.5) is 0 Å². The van der Waals surface area contributed by atoms with E-state index in [1.165, 1.54) is 16.7 Å². The fourth-order valence-electron chi connectivity index (χ4n) is 2.28. The molecule has 0 aliphatic heterocycles. The molecule has 0 aliphatic carbocycles. The second kappa shape index (κ2) is 7.93. The summed E-state index contributed by atoms with van der Waals surface area (Å²) in [5.74, 6) is 2.47. The minimum atomic E-state index is 0.396. The van der Waals surface area contributed by atoms with E-state index < -0.39 is 0 Å². The van der Waals surface area contributed by atoms with Gasteiger partial charge in [-0.2, -0.15) is 0 Å². The van der Waals surface area contributed by atoms with Crippen molar-refractivity contribution in [1.29, 1.82) is 0 Å². The average molecular weight is 374 g/mol.